The number of nitrogens with one attached hydrogen (secondary N) is 1. The highest BCUT2D eigenvalue weighted by Gasteiger charge is 2.30. The fraction of sp³-hybridized carbons (Fsp3) is 0.500. The van der Waals surface area contributed by atoms with Crippen LogP contribution in [0.5, 0.6) is 0 Å². The van der Waals surface area contributed by atoms with Gasteiger partial charge in [-0.2, -0.15) is 0 Å². The van der Waals surface area contributed by atoms with Gasteiger partial charge < -0.3 is 20.2 Å². The maximum absolute atomic E-state index is 12.5. The molecule has 0 saturated heterocycles. The zero-order valence-electron chi connectivity index (χ0n) is 13.8. The van der Waals surface area contributed by atoms with Crippen LogP contribution in [-0.2, 0) is 4.74 Å². The molecule has 2 atom stereocenters. The second kappa shape index (κ2) is 6.96. The summed E-state index contributed by atoms with van der Waals surface area (Å²) in [5.74, 6) is 0.401. The van der Waals surface area contributed by atoms with E-state index in [9.17, 15) is 4.79 Å². The first-order valence-electron chi connectivity index (χ1n) is 7.94. The molecule has 128 valence electrons. The molecule has 1 saturated carbocycles. The highest BCUT2D eigenvalue weighted by molar-refractivity contribution is 5.96. The van der Waals surface area contributed by atoms with Crippen LogP contribution < -0.4 is 11.1 Å². The largest absolute Gasteiger partial charge is 0.443 e. The van der Waals surface area contributed by atoms with Gasteiger partial charge in [-0.1, -0.05) is 6.42 Å². The number of carbonyl (C=O) groups excluding carboxylic acids is 1. The molecular weight excluding hydrogens is 310 g/mol. The molecule has 0 aliphatic heterocycles. The number of hydrogen-bond acceptors (Lipinski definition) is 7. The van der Waals surface area contributed by atoms with E-state index in [1.54, 1.807) is 14.0 Å². The van der Waals surface area contributed by atoms with E-state index < -0.39 is 0 Å². The van der Waals surface area contributed by atoms with Crippen LogP contribution in [0.3, 0.4) is 0 Å². The van der Waals surface area contributed by atoms with Crippen molar-refractivity contribution in [3.8, 4) is 11.6 Å². The first kappa shape index (κ1) is 16.4. The molecule has 0 radical (unpaired) electrons. The molecule has 3 N–H and O–H groups in total. The summed E-state index contributed by atoms with van der Waals surface area (Å²) in [5, 5.41) is 3.01. The summed E-state index contributed by atoms with van der Waals surface area (Å²) < 4.78 is 10.4. The Balaban J connectivity index is 1.79. The minimum absolute atomic E-state index is 0.0626. The minimum Gasteiger partial charge on any atom is -0.443 e. The molecule has 2 heterocycles. The number of amides is 1. The average Bonchev–Trinajstić information content (AvgIpc) is 3.22. The number of hydrogen-bond donors (Lipinski definition) is 2. The van der Waals surface area contributed by atoms with Crippen molar-refractivity contribution in [3.05, 3.63) is 23.8 Å². The number of nitrogens with two attached hydrogens (primary N) is 1. The molecule has 2 aromatic rings. The van der Waals surface area contributed by atoms with Crippen molar-refractivity contribution in [3.63, 3.8) is 0 Å². The quantitative estimate of drug-likeness (QED) is 0.854. The number of anilines is 1. The van der Waals surface area contributed by atoms with Crippen LogP contribution >= 0.6 is 0 Å². The standard InChI is InChI=1S/C16H21N5O3/c1-9-12(16-18-6-7-24-16)21-14(17)13(19-9)15(22)20-11-5-3-4-10(11)8-23-2/h6-7,10-11H,3-5,8H2,1-2H3,(H2,17,21)(H,20,22)/t10-,11-/m0/s1. The molecule has 1 aliphatic rings. The number of ether oxygens (including phenoxy) is 1. The van der Waals surface area contributed by atoms with Crippen LogP contribution in [0.2, 0.25) is 0 Å². The Hall–Kier alpha value is -2.48. The topological polar surface area (TPSA) is 116 Å². The molecule has 1 fully saturated rings. The summed E-state index contributed by atoms with van der Waals surface area (Å²) in [4.78, 5) is 25.1. The van der Waals surface area contributed by atoms with Gasteiger partial charge >= 0.3 is 0 Å². The number of oxazole rings is 1. The molecule has 1 amide bonds. The minimum atomic E-state index is -0.310. The highest BCUT2D eigenvalue weighted by atomic mass is 16.5. The lowest BCUT2D eigenvalue weighted by Gasteiger charge is -2.20. The Morgan fingerprint density at radius 3 is 3.00 bits per heavy atom. The van der Waals surface area contributed by atoms with Crippen LogP contribution in [0, 0.1) is 12.8 Å². The van der Waals surface area contributed by atoms with Crippen LogP contribution in [0.1, 0.15) is 35.4 Å². The third-order valence-electron chi connectivity index (χ3n) is 4.30. The lowest BCUT2D eigenvalue weighted by atomic mass is 10.0. The van der Waals surface area contributed by atoms with E-state index in [0.29, 0.717) is 29.8 Å². The van der Waals surface area contributed by atoms with Crippen molar-refractivity contribution in [1.29, 1.82) is 0 Å². The summed E-state index contributed by atoms with van der Waals surface area (Å²) in [7, 11) is 1.67. The highest BCUT2D eigenvalue weighted by Crippen LogP contribution is 2.26. The van der Waals surface area contributed by atoms with E-state index in [4.69, 9.17) is 14.9 Å². The Bertz CT molecular complexity index is 717. The van der Waals surface area contributed by atoms with Gasteiger partial charge in [0, 0.05) is 19.1 Å². The molecule has 1 aliphatic carbocycles. The Kier molecular flexibility index (Phi) is 4.75. The predicted octanol–water partition coefficient (Wildman–Crippen LogP) is 1.57. The van der Waals surface area contributed by atoms with Gasteiger partial charge in [0.05, 0.1) is 18.5 Å². The fourth-order valence-electron chi connectivity index (χ4n) is 3.12. The van der Waals surface area contributed by atoms with Gasteiger partial charge in [-0.05, 0) is 19.8 Å². The van der Waals surface area contributed by atoms with Gasteiger partial charge in [-0.15, -0.1) is 0 Å². The summed E-state index contributed by atoms with van der Waals surface area (Å²) >= 11 is 0. The predicted molar refractivity (Wildman–Crippen MR) is 87.1 cm³/mol. The number of methoxy groups -OCH3 is 1. The lowest BCUT2D eigenvalue weighted by molar-refractivity contribution is 0.0894. The van der Waals surface area contributed by atoms with Crippen molar-refractivity contribution in [1.82, 2.24) is 20.3 Å². The van der Waals surface area contributed by atoms with Crippen LogP contribution in [0.4, 0.5) is 5.82 Å². The molecule has 0 aromatic carbocycles. The summed E-state index contributed by atoms with van der Waals surface area (Å²) in [5.41, 5.74) is 7.04. The van der Waals surface area contributed by atoms with Crippen molar-refractivity contribution >= 4 is 11.7 Å². The number of nitrogens with zero attached hydrogens (tertiary/aromatic N) is 3. The van der Waals surface area contributed by atoms with E-state index in [0.717, 1.165) is 19.3 Å². The lowest BCUT2D eigenvalue weighted by Crippen LogP contribution is -2.39. The van der Waals surface area contributed by atoms with Crippen molar-refractivity contribution in [2.45, 2.75) is 32.2 Å². The van der Waals surface area contributed by atoms with E-state index >= 15 is 0 Å². The Morgan fingerprint density at radius 2 is 2.29 bits per heavy atom. The maximum Gasteiger partial charge on any atom is 0.273 e. The first-order chi connectivity index (χ1) is 11.6. The van der Waals surface area contributed by atoms with E-state index in [1.807, 2.05) is 0 Å². The van der Waals surface area contributed by atoms with Crippen molar-refractivity contribution in [2.75, 3.05) is 19.5 Å². The van der Waals surface area contributed by atoms with Crippen LogP contribution in [0.25, 0.3) is 11.6 Å². The van der Waals surface area contributed by atoms with E-state index in [2.05, 4.69) is 20.3 Å². The van der Waals surface area contributed by atoms with Crippen LogP contribution in [0.15, 0.2) is 16.9 Å². The molecule has 8 nitrogen and oxygen atoms in total. The van der Waals surface area contributed by atoms with Gasteiger partial charge in [-0.3, -0.25) is 4.79 Å². The number of nitrogen functional groups attached to an aromatic ring is 1. The molecule has 24 heavy (non-hydrogen) atoms. The number of rotatable bonds is 5. The van der Waals surface area contributed by atoms with E-state index in [-0.39, 0.29) is 23.5 Å². The van der Waals surface area contributed by atoms with Crippen molar-refractivity contribution < 1.29 is 13.9 Å². The fourth-order valence-corrected chi connectivity index (χ4v) is 3.12. The average molecular weight is 331 g/mol. The maximum atomic E-state index is 12.5. The smallest absolute Gasteiger partial charge is 0.273 e. The van der Waals surface area contributed by atoms with Gasteiger partial charge in [-0.25, -0.2) is 15.0 Å². The molecule has 0 bridgehead atoms. The molecule has 0 spiro atoms. The Morgan fingerprint density at radius 1 is 1.46 bits per heavy atom. The van der Waals surface area contributed by atoms with Gasteiger partial charge in [0.25, 0.3) is 5.91 Å². The van der Waals surface area contributed by atoms with Gasteiger partial charge in [0.15, 0.2) is 11.5 Å². The summed E-state index contributed by atoms with van der Waals surface area (Å²) in [6.45, 7) is 2.38. The SMILES string of the molecule is COC[C@@H]1CCC[C@@H]1NC(=O)c1nc(C)c(-c2ncco2)nc1N. The molecular formula is C16H21N5O3. The number of carbonyl (C=O) groups is 1. The monoisotopic (exact) mass is 331 g/mol. The number of aryl methyl sites for hydroxylation is 1. The third-order valence-corrected chi connectivity index (χ3v) is 4.30. The van der Waals surface area contributed by atoms with Gasteiger partial charge in [0.1, 0.15) is 12.0 Å². The second-order valence-corrected chi connectivity index (χ2v) is 5.96. The third kappa shape index (κ3) is 3.23. The normalized spacial score (nSPS) is 20.2. The summed E-state index contributed by atoms with van der Waals surface area (Å²) in [6, 6.07) is 0.0744. The molecule has 8 heteroatoms. The summed E-state index contributed by atoms with van der Waals surface area (Å²) in [6.07, 6.45) is 6.01. The second-order valence-electron chi connectivity index (χ2n) is 5.96. The Labute approximate surface area is 139 Å². The zero-order chi connectivity index (χ0) is 17.1. The first-order valence-corrected chi connectivity index (χ1v) is 7.94. The van der Waals surface area contributed by atoms with Crippen molar-refractivity contribution in [2.24, 2.45) is 5.92 Å². The van der Waals surface area contributed by atoms with E-state index in [1.165, 1.54) is 12.5 Å². The zero-order valence-corrected chi connectivity index (χ0v) is 13.8. The molecule has 3 rings (SSSR count). The molecule has 0 unspecified atom stereocenters. The van der Waals surface area contributed by atoms with Gasteiger partial charge in [0.2, 0.25) is 5.89 Å². The number of aromatic nitrogens is 3. The van der Waals surface area contributed by atoms with Crippen LogP contribution in [-0.4, -0.2) is 40.6 Å². The molecule has 2 aromatic heterocycles.